The van der Waals surface area contributed by atoms with Crippen molar-refractivity contribution in [1.29, 1.82) is 0 Å². The second-order valence-corrected chi connectivity index (χ2v) is 5.09. The molecule has 1 aromatic carbocycles. The van der Waals surface area contributed by atoms with Crippen LogP contribution in [0.1, 0.15) is 29.3 Å². The van der Waals surface area contributed by atoms with Gasteiger partial charge in [0.05, 0.1) is 11.1 Å². The summed E-state index contributed by atoms with van der Waals surface area (Å²) >= 11 is 3.02. The molecule has 0 saturated heterocycles. The third-order valence-electron chi connectivity index (χ3n) is 2.42. The fraction of sp³-hybridized carbons (Fsp3) is 0.333. The predicted molar refractivity (Wildman–Crippen MR) is 69.9 cm³/mol. The van der Waals surface area contributed by atoms with Crippen molar-refractivity contribution < 1.29 is 22.8 Å². The molecule has 0 heterocycles. The summed E-state index contributed by atoms with van der Waals surface area (Å²) in [5.41, 5.74) is 3.89. The molecular weight excluding hydrogens is 341 g/mol. The highest BCUT2D eigenvalue weighted by Crippen LogP contribution is 2.31. The largest absolute Gasteiger partial charge is 0.416 e. The average molecular weight is 353 g/mol. The highest BCUT2D eigenvalue weighted by molar-refractivity contribution is 9.10. The molecule has 1 unspecified atom stereocenters. The van der Waals surface area contributed by atoms with E-state index in [-0.39, 0.29) is 16.5 Å². The fourth-order valence-electron chi connectivity index (χ4n) is 1.53. The summed E-state index contributed by atoms with van der Waals surface area (Å²) in [5.74, 6) is -1.32. The summed E-state index contributed by atoms with van der Waals surface area (Å²) in [4.78, 5) is 22.6. The van der Waals surface area contributed by atoms with E-state index in [2.05, 4.69) is 21.2 Å². The second kappa shape index (κ2) is 6.25. The number of alkyl halides is 3. The Balaban J connectivity index is 2.95. The molecule has 0 saturated carbocycles. The number of carbonyl (C=O) groups excluding carboxylic acids is 2. The van der Waals surface area contributed by atoms with E-state index in [4.69, 9.17) is 5.73 Å². The van der Waals surface area contributed by atoms with Crippen molar-refractivity contribution in [3.05, 3.63) is 33.8 Å². The lowest BCUT2D eigenvalue weighted by Gasteiger charge is -2.14. The molecule has 1 rings (SSSR count). The molecule has 4 nitrogen and oxygen atoms in total. The molecule has 0 aliphatic carbocycles. The Bertz CT molecular complexity index is 532. The van der Waals surface area contributed by atoms with Crippen LogP contribution >= 0.6 is 15.9 Å². The summed E-state index contributed by atoms with van der Waals surface area (Å²) < 4.78 is 38.0. The van der Waals surface area contributed by atoms with Crippen LogP contribution in [0.15, 0.2) is 22.7 Å². The lowest BCUT2D eigenvalue weighted by atomic mass is 10.1. The van der Waals surface area contributed by atoms with Crippen molar-refractivity contribution in [2.45, 2.75) is 25.6 Å². The number of benzene rings is 1. The number of hydrogen-bond acceptors (Lipinski definition) is 2. The van der Waals surface area contributed by atoms with E-state index < -0.39 is 29.6 Å². The smallest absolute Gasteiger partial charge is 0.370 e. The van der Waals surface area contributed by atoms with Crippen molar-refractivity contribution in [3.8, 4) is 0 Å². The summed E-state index contributed by atoms with van der Waals surface area (Å²) in [6.45, 7) is 1.53. The molecule has 0 fully saturated rings. The number of carbonyl (C=O) groups is 2. The number of amides is 2. The zero-order valence-corrected chi connectivity index (χ0v) is 12.0. The van der Waals surface area contributed by atoms with Gasteiger partial charge in [0.2, 0.25) is 5.91 Å². The molecule has 20 heavy (non-hydrogen) atoms. The van der Waals surface area contributed by atoms with Crippen LogP contribution in [0, 0.1) is 0 Å². The first-order valence-electron chi connectivity index (χ1n) is 5.57. The van der Waals surface area contributed by atoms with Gasteiger partial charge in [-0.15, -0.1) is 0 Å². The number of hydrogen-bond donors (Lipinski definition) is 2. The van der Waals surface area contributed by atoms with Gasteiger partial charge in [0.25, 0.3) is 5.91 Å². The van der Waals surface area contributed by atoms with E-state index in [1.165, 1.54) is 6.92 Å². The van der Waals surface area contributed by atoms with E-state index >= 15 is 0 Å². The molecule has 0 aromatic heterocycles. The minimum Gasteiger partial charge on any atom is -0.370 e. The molecule has 1 atom stereocenters. The molecule has 0 aliphatic rings. The van der Waals surface area contributed by atoms with Gasteiger partial charge in [0.15, 0.2) is 0 Å². The third kappa shape index (κ3) is 4.52. The molecule has 1 aromatic rings. The van der Waals surface area contributed by atoms with Crippen LogP contribution < -0.4 is 11.1 Å². The minimum atomic E-state index is -4.53. The van der Waals surface area contributed by atoms with Gasteiger partial charge in [-0.1, -0.05) is 0 Å². The normalized spacial score (nSPS) is 12.8. The Labute approximate surface area is 121 Å². The average Bonchev–Trinajstić information content (AvgIpc) is 2.26. The lowest BCUT2D eigenvalue weighted by Crippen LogP contribution is -2.36. The van der Waals surface area contributed by atoms with Crippen LogP contribution in [-0.4, -0.2) is 17.9 Å². The van der Waals surface area contributed by atoms with Crippen LogP contribution in [0.2, 0.25) is 0 Å². The van der Waals surface area contributed by atoms with Gasteiger partial charge in [-0.2, -0.15) is 13.2 Å². The molecule has 2 amide bonds. The molecule has 0 aliphatic heterocycles. The number of rotatable bonds is 4. The van der Waals surface area contributed by atoms with E-state index in [0.29, 0.717) is 0 Å². The summed E-state index contributed by atoms with van der Waals surface area (Å²) in [6.07, 6.45) is -4.63. The Morgan fingerprint density at radius 2 is 2.00 bits per heavy atom. The monoisotopic (exact) mass is 352 g/mol. The maximum Gasteiger partial charge on any atom is 0.416 e. The predicted octanol–water partition coefficient (Wildman–Crippen LogP) is 2.46. The topological polar surface area (TPSA) is 72.2 Å². The standard InChI is InChI=1S/C12H12BrF3N2O2/c1-6(4-10(17)19)18-11(20)8-5-7(12(14,15)16)2-3-9(8)13/h2-3,5-6H,4H2,1H3,(H2,17,19)(H,18,20). The summed E-state index contributed by atoms with van der Waals surface area (Å²) in [5, 5.41) is 2.41. The number of nitrogens with one attached hydrogen (secondary N) is 1. The zero-order chi connectivity index (χ0) is 15.5. The molecule has 3 N–H and O–H groups in total. The highest BCUT2D eigenvalue weighted by Gasteiger charge is 2.31. The lowest BCUT2D eigenvalue weighted by molar-refractivity contribution is -0.137. The van der Waals surface area contributed by atoms with Gasteiger partial charge in [0.1, 0.15) is 0 Å². The first kappa shape index (κ1) is 16.5. The molecule has 0 spiro atoms. The second-order valence-electron chi connectivity index (χ2n) is 4.24. The fourth-order valence-corrected chi connectivity index (χ4v) is 1.96. The molecule has 0 bridgehead atoms. The van der Waals surface area contributed by atoms with Gasteiger partial charge in [-0.3, -0.25) is 9.59 Å². The molecular formula is C12H12BrF3N2O2. The van der Waals surface area contributed by atoms with Gasteiger partial charge >= 0.3 is 6.18 Å². The highest BCUT2D eigenvalue weighted by atomic mass is 79.9. The summed E-state index contributed by atoms with van der Waals surface area (Å²) in [7, 11) is 0. The van der Waals surface area contributed by atoms with E-state index in [1.807, 2.05) is 0 Å². The van der Waals surface area contributed by atoms with Crippen molar-refractivity contribution in [2.24, 2.45) is 5.73 Å². The van der Waals surface area contributed by atoms with Crippen molar-refractivity contribution in [2.75, 3.05) is 0 Å². The first-order valence-corrected chi connectivity index (χ1v) is 6.36. The number of nitrogens with two attached hydrogens (primary N) is 1. The van der Waals surface area contributed by atoms with Crippen molar-refractivity contribution >= 4 is 27.7 Å². The first-order chi connectivity index (χ1) is 9.11. The zero-order valence-electron chi connectivity index (χ0n) is 10.4. The quantitative estimate of drug-likeness (QED) is 0.873. The molecule has 0 radical (unpaired) electrons. The Kier molecular flexibility index (Phi) is 5.15. The van der Waals surface area contributed by atoms with E-state index in [1.54, 1.807) is 0 Å². The van der Waals surface area contributed by atoms with Crippen LogP contribution in [0.4, 0.5) is 13.2 Å². The van der Waals surface area contributed by atoms with Crippen molar-refractivity contribution in [1.82, 2.24) is 5.32 Å². The van der Waals surface area contributed by atoms with Gasteiger partial charge in [-0.25, -0.2) is 0 Å². The Morgan fingerprint density at radius 3 is 2.50 bits per heavy atom. The SMILES string of the molecule is CC(CC(N)=O)NC(=O)c1cc(C(F)(F)F)ccc1Br. The van der Waals surface area contributed by atoms with Crippen LogP contribution in [0.5, 0.6) is 0 Å². The van der Waals surface area contributed by atoms with Gasteiger partial charge in [-0.05, 0) is 41.1 Å². The van der Waals surface area contributed by atoms with Crippen LogP contribution in [-0.2, 0) is 11.0 Å². The maximum atomic E-state index is 12.6. The van der Waals surface area contributed by atoms with Gasteiger partial charge in [0, 0.05) is 16.9 Å². The Morgan fingerprint density at radius 1 is 1.40 bits per heavy atom. The molecule has 110 valence electrons. The van der Waals surface area contributed by atoms with Crippen LogP contribution in [0.3, 0.4) is 0 Å². The van der Waals surface area contributed by atoms with Crippen LogP contribution in [0.25, 0.3) is 0 Å². The van der Waals surface area contributed by atoms with E-state index in [0.717, 1.165) is 18.2 Å². The third-order valence-corrected chi connectivity index (χ3v) is 3.11. The number of halogens is 4. The van der Waals surface area contributed by atoms with E-state index in [9.17, 15) is 22.8 Å². The van der Waals surface area contributed by atoms with Crippen molar-refractivity contribution in [3.63, 3.8) is 0 Å². The number of primary amides is 1. The van der Waals surface area contributed by atoms with Gasteiger partial charge < -0.3 is 11.1 Å². The molecule has 8 heteroatoms. The summed E-state index contributed by atoms with van der Waals surface area (Å²) in [6, 6.07) is 2.20. The minimum absolute atomic E-state index is 0.0949. The maximum absolute atomic E-state index is 12.6. The Hall–Kier alpha value is -1.57.